The summed E-state index contributed by atoms with van der Waals surface area (Å²) in [6.07, 6.45) is 10.3. The minimum absolute atomic E-state index is 0.0386. The summed E-state index contributed by atoms with van der Waals surface area (Å²) in [5, 5.41) is 7.41. The summed E-state index contributed by atoms with van der Waals surface area (Å²) in [6, 6.07) is 2.49. The largest absolute Gasteiger partial charge is 0.356 e. The van der Waals surface area contributed by atoms with E-state index in [4.69, 9.17) is 0 Å². The van der Waals surface area contributed by atoms with Crippen molar-refractivity contribution in [2.24, 2.45) is 5.92 Å². The first kappa shape index (κ1) is 16.6. The Bertz CT molecular complexity index is 631. The molecule has 0 aromatic carbocycles. The van der Waals surface area contributed by atoms with E-state index in [1.54, 1.807) is 0 Å². The van der Waals surface area contributed by atoms with Crippen LogP contribution in [-0.2, 0) is 16.1 Å². The molecule has 136 valence electrons. The fraction of sp³-hybridized carbons (Fsp3) is 0.737. The van der Waals surface area contributed by atoms with Crippen molar-refractivity contribution < 1.29 is 9.59 Å². The van der Waals surface area contributed by atoms with Gasteiger partial charge in [0.15, 0.2) is 0 Å². The van der Waals surface area contributed by atoms with Gasteiger partial charge < -0.3 is 10.2 Å². The maximum absolute atomic E-state index is 12.4. The second-order valence-electron chi connectivity index (χ2n) is 7.78. The molecule has 25 heavy (non-hydrogen) atoms. The van der Waals surface area contributed by atoms with Gasteiger partial charge in [0.1, 0.15) is 0 Å². The summed E-state index contributed by atoms with van der Waals surface area (Å²) in [6.45, 7) is 2.11. The van der Waals surface area contributed by atoms with E-state index >= 15 is 0 Å². The van der Waals surface area contributed by atoms with Crippen LogP contribution in [0.3, 0.4) is 0 Å². The normalized spacial score (nSPS) is 24.2. The summed E-state index contributed by atoms with van der Waals surface area (Å²) in [5.74, 6) is 0.734. The van der Waals surface area contributed by atoms with Crippen molar-refractivity contribution in [3.05, 3.63) is 18.0 Å². The van der Waals surface area contributed by atoms with Crippen molar-refractivity contribution >= 4 is 11.8 Å². The van der Waals surface area contributed by atoms with Crippen LogP contribution in [-0.4, -0.2) is 45.6 Å². The highest BCUT2D eigenvalue weighted by atomic mass is 16.2. The lowest BCUT2D eigenvalue weighted by Gasteiger charge is -2.23. The molecule has 4 rings (SSSR count). The minimum atomic E-state index is -0.167. The maximum Gasteiger partial charge on any atom is 0.225 e. The molecule has 6 nitrogen and oxygen atoms in total. The predicted octanol–water partition coefficient (Wildman–Crippen LogP) is 2.06. The Balaban J connectivity index is 1.20. The molecule has 1 saturated heterocycles. The highest BCUT2D eigenvalue weighted by Crippen LogP contribution is 2.39. The number of likely N-dealkylation sites (tertiary alicyclic amines) is 1. The molecule has 2 amide bonds. The summed E-state index contributed by atoms with van der Waals surface area (Å²) >= 11 is 0. The summed E-state index contributed by atoms with van der Waals surface area (Å²) in [4.78, 5) is 26.5. The zero-order valence-corrected chi connectivity index (χ0v) is 14.8. The van der Waals surface area contributed by atoms with Gasteiger partial charge in [0.2, 0.25) is 11.8 Å². The SMILES string of the molecule is O=C(NCCCn1nccc1C1CC1)[C@@H]1CC(=O)N(C2CCCC2)C1. The van der Waals surface area contributed by atoms with Crippen molar-refractivity contribution in [3.8, 4) is 0 Å². The second-order valence-corrected chi connectivity index (χ2v) is 7.78. The van der Waals surface area contributed by atoms with E-state index in [0.29, 0.717) is 31.5 Å². The first-order valence-electron chi connectivity index (χ1n) is 9.81. The van der Waals surface area contributed by atoms with Crippen LogP contribution in [0.5, 0.6) is 0 Å². The number of rotatable bonds is 7. The topological polar surface area (TPSA) is 67.2 Å². The van der Waals surface area contributed by atoms with Crippen LogP contribution in [0, 0.1) is 5.92 Å². The summed E-state index contributed by atoms with van der Waals surface area (Å²) in [7, 11) is 0. The molecule has 3 aliphatic rings. The van der Waals surface area contributed by atoms with E-state index in [9.17, 15) is 9.59 Å². The van der Waals surface area contributed by atoms with Crippen LogP contribution in [0.15, 0.2) is 12.3 Å². The molecular weight excluding hydrogens is 316 g/mol. The van der Waals surface area contributed by atoms with Gasteiger partial charge in [-0.15, -0.1) is 0 Å². The molecule has 6 heteroatoms. The number of aryl methyl sites for hydroxylation is 1. The van der Waals surface area contributed by atoms with Crippen molar-refractivity contribution in [1.29, 1.82) is 0 Å². The molecule has 2 saturated carbocycles. The average molecular weight is 344 g/mol. The first-order valence-corrected chi connectivity index (χ1v) is 9.81. The van der Waals surface area contributed by atoms with Crippen LogP contribution in [0.1, 0.15) is 63.0 Å². The van der Waals surface area contributed by atoms with Gasteiger partial charge in [-0.05, 0) is 38.2 Å². The number of carbonyl (C=O) groups excluding carboxylic acids is 2. The van der Waals surface area contributed by atoms with E-state index in [-0.39, 0.29) is 17.7 Å². The zero-order valence-electron chi connectivity index (χ0n) is 14.8. The quantitative estimate of drug-likeness (QED) is 0.770. The number of nitrogens with one attached hydrogen (secondary N) is 1. The van der Waals surface area contributed by atoms with Gasteiger partial charge in [-0.25, -0.2) is 0 Å². The van der Waals surface area contributed by atoms with E-state index in [1.807, 2.05) is 11.1 Å². The molecular formula is C19H28N4O2. The third-order valence-electron chi connectivity index (χ3n) is 5.89. The van der Waals surface area contributed by atoms with Gasteiger partial charge >= 0.3 is 0 Å². The molecule has 1 atom stereocenters. The molecule has 0 radical (unpaired) electrons. The molecule has 3 fully saturated rings. The van der Waals surface area contributed by atoms with Crippen LogP contribution in [0.2, 0.25) is 0 Å². The third-order valence-corrected chi connectivity index (χ3v) is 5.89. The smallest absolute Gasteiger partial charge is 0.225 e. The Hall–Kier alpha value is -1.85. The van der Waals surface area contributed by atoms with Gasteiger partial charge in [-0.2, -0.15) is 5.10 Å². The number of carbonyl (C=O) groups is 2. The summed E-state index contributed by atoms with van der Waals surface area (Å²) in [5.41, 5.74) is 1.33. The monoisotopic (exact) mass is 344 g/mol. The molecule has 1 aromatic heterocycles. The fourth-order valence-corrected chi connectivity index (χ4v) is 4.32. The fourth-order valence-electron chi connectivity index (χ4n) is 4.32. The zero-order chi connectivity index (χ0) is 17.2. The van der Waals surface area contributed by atoms with Gasteiger partial charge in [0, 0.05) is 49.9 Å². The number of aromatic nitrogens is 2. The lowest BCUT2D eigenvalue weighted by Crippen LogP contribution is -2.37. The standard InChI is InChI=1S/C19H28N4O2/c24-18-12-15(13-22(18)16-4-1-2-5-16)19(25)20-9-3-11-23-17(8-10-21-23)14-6-7-14/h8,10,14-16H,1-7,9,11-13H2,(H,20,25)/t15-/m1/s1. The lowest BCUT2D eigenvalue weighted by atomic mass is 10.1. The van der Waals surface area contributed by atoms with Crippen molar-refractivity contribution in [3.63, 3.8) is 0 Å². The lowest BCUT2D eigenvalue weighted by molar-refractivity contribution is -0.130. The molecule has 1 aliphatic heterocycles. The number of hydrogen-bond acceptors (Lipinski definition) is 3. The maximum atomic E-state index is 12.4. The Morgan fingerprint density at radius 3 is 2.80 bits per heavy atom. The van der Waals surface area contributed by atoms with Crippen LogP contribution in [0.25, 0.3) is 0 Å². The van der Waals surface area contributed by atoms with E-state index < -0.39 is 0 Å². The van der Waals surface area contributed by atoms with E-state index in [1.165, 1.54) is 31.4 Å². The molecule has 0 bridgehead atoms. The molecule has 1 aromatic rings. The van der Waals surface area contributed by atoms with Gasteiger partial charge in [-0.1, -0.05) is 12.8 Å². The summed E-state index contributed by atoms with van der Waals surface area (Å²) < 4.78 is 2.07. The Morgan fingerprint density at radius 1 is 1.24 bits per heavy atom. The molecule has 0 unspecified atom stereocenters. The predicted molar refractivity (Wildman–Crippen MR) is 93.9 cm³/mol. The number of amides is 2. The first-order chi connectivity index (χ1) is 12.2. The third kappa shape index (κ3) is 3.72. The highest BCUT2D eigenvalue weighted by molar-refractivity contribution is 5.89. The van der Waals surface area contributed by atoms with Crippen molar-refractivity contribution in [1.82, 2.24) is 20.0 Å². The molecule has 2 heterocycles. The molecule has 0 spiro atoms. The average Bonchev–Trinajstić information content (AvgIpc) is 3.03. The highest BCUT2D eigenvalue weighted by Gasteiger charge is 2.38. The van der Waals surface area contributed by atoms with E-state index in [2.05, 4.69) is 21.2 Å². The van der Waals surface area contributed by atoms with Gasteiger partial charge in [-0.3, -0.25) is 14.3 Å². The second kappa shape index (κ2) is 7.18. The van der Waals surface area contributed by atoms with E-state index in [0.717, 1.165) is 25.8 Å². The Morgan fingerprint density at radius 2 is 2.04 bits per heavy atom. The number of nitrogens with zero attached hydrogens (tertiary/aromatic N) is 3. The van der Waals surface area contributed by atoms with Crippen molar-refractivity contribution in [2.45, 2.75) is 69.9 Å². The molecule has 1 N–H and O–H groups in total. The Kier molecular flexibility index (Phi) is 4.77. The van der Waals surface area contributed by atoms with Crippen LogP contribution >= 0.6 is 0 Å². The van der Waals surface area contributed by atoms with Crippen LogP contribution < -0.4 is 5.32 Å². The molecule has 2 aliphatic carbocycles. The Labute approximate surface area is 148 Å². The van der Waals surface area contributed by atoms with Gasteiger partial charge in [0.05, 0.1) is 5.92 Å². The van der Waals surface area contributed by atoms with Crippen LogP contribution in [0.4, 0.5) is 0 Å². The van der Waals surface area contributed by atoms with Gasteiger partial charge in [0.25, 0.3) is 0 Å². The minimum Gasteiger partial charge on any atom is -0.356 e. The van der Waals surface area contributed by atoms with Crippen molar-refractivity contribution in [2.75, 3.05) is 13.1 Å². The number of hydrogen-bond donors (Lipinski definition) is 1.